The zero-order valence-electron chi connectivity index (χ0n) is 9.35. The van der Waals surface area contributed by atoms with Crippen LogP contribution in [0.4, 0.5) is 0 Å². The number of aliphatic hydroxyl groups excluding tert-OH is 1. The van der Waals surface area contributed by atoms with Crippen molar-refractivity contribution in [3.05, 3.63) is 35.9 Å². The van der Waals surface area contributed by atoms with E-state index in [1.807, 2.05) is 36.6 Å². The van der Waals surface area contributed by atoms with Gasteiger partial charge in [-0.05, 0) is 18.2 Å². The highest BCUT2D eigenvalue weighted by atomic mass is 32.2. The molecule has 0 aromatic heterocycles. The Morgan fingerprint density at radius 1 is 1.44 bits per heavy atom. The van der Waals surface area contributed by atoms with Crippen molar-refractivity contribution in [1.29, 1.82) is 0 Å². The first kappa shape index (κ1) is 13.1. The number of carbonyl (C=O) groups excluding carboxylic acids is 1. The van der Waals surface area contributed by atoms with E-state index in [0.29, 0.717) is 12.2 Å². The third-order valence-electron chi connectivity index (χ3n) is 2.19. The van der Waals surface area contributed by atoms with Crippen LogP contribution in [0, 0.1) is 0 Å². The predicted molar refractivity (Wildman–Crippen MR) is 67.5 cm³/mol. The molecule has 0 bridgehead atoms. The Labute approximate surface area is 100 Å². The van der Waals surface area contributed by atoms with E-state index in [0.717, 1.165) is 5.56 Å². The fraction of sp³-hybridized carbons (Fsp3) is 0.417. The monoisotopic (exact) mass is 239 g/mol. The van der Waals surface area contributed by atoms with E-state index in [1.165, 1.54) is 11.8 Å². The summed E-state index contributed by atoms with van der Waals surface area (Å²) in [6.45, 7) is -0.0327. The van der Waals surface area contributed by atoms with Gasteiger partial charge >= 0.3 is 0 Å². The van der Waals surface area contributed by atoms with E-state index in [4.69, 9.17) is 0 Å². The number of benzene rings is 1. The quantitative estimate of drug-likeness (QED) is 0.780. The minimum absolute atomic E-state index is 0.0255. The fourth-order valence-electron chi connectivity index (χ4n) is 1.46. The first-order chi connectivity index (χ1) is 7.76. The van der Waals surface area contributed by atoms with Gasteiger partial charge in [-0.3, -0.25) is 4.79 Å². The molecule has 0 fully saturated rings. The maximum atomic E-state index is 11.4. The van der Waals surface area contributed by atoms with Gasteiger partial charge in [-0.25, -0.2) is 0 Å². The molecule has 0 unspecified atom stereocenters. The van der Waals surface area contributed by atoms with Crippen LogP contribution in [0.25, 0.3) is 0 Å². The van der Waals surface area contributed by atoms with E-state index >= 15 is 0 Å². The maximum Gasteiger partial charge on any atom is 0.230 e. The zero-order chi connectivity index (χ0) is 11.8. The second-order valence-corrected chi connectivity index (χ2v) is 4.44. The SMILES string of the molecule is CSCC(=O)N[C@H](CO)Cc1ccccc1. The van der Waals surface area contributed by atoms with Crippen molar-refractivity contribution in [2.24, 2.45) is 0 Å². The summed E-state index contributed by atoms with van der Waals surface area (Å²) in [5, 5.41) is 12.0. The summed E-state index contributed by atoms with van der Waals surface area (Å²) in [4.78, 5) is 11.4. The lowest BCUT2D eigenvalue weighted by Crippen LogP contribution is -2.40. The smallest absolute Gasteiger partial charge is 0.230 e. The summed E-state index contributed by atoms with van der Waals surface area (Å²) in [5.74, 6) is 0.410. The van der Waals surface area contributed by atoms with Gasteiger partial charge < -0.3 is 10.4 Å². The molecule has 1 atom stereocenters. The average Bonchev–Trinajstić information content (AvgIpc) is 2.30. The molecule has 0 heterocycles. The Kier molecular flexibility index (Phi) is 5.96. The molecule has 1 amide bonds. The number of amides is 1. The van der Waals surface area contributed by atoms with Crippen molar-refractivity contribution in [3.63, 3.8) is 0 Å². The predicted octanol–water partition coefficient (Wildman–Crippen LogP) is 1.07. The molecule has 0 aliphatic carbocycles. The van der Waals surface area contributed by atoms with Crippen LogP contribution in [-0.4, -0.2) is 35.7 Å². The summed E-state index contributed by atoms with van der Waals surface area (Å²) in [5.41, 5.74) is 1.12. The van der Waals surface area contributed by atoms with E-state index in [9.17, 15) is 9.90 Å². The van der Waals surface area contributed by atoms with Gasteiger partial charge in [0.05, 0.1) is 18.4 Å². The topological polar surface area (TPSA) is 49.3 Å². The van der Waals surface area contributed by atoms with E-state index in [1.54, 1.807) is 0 Å². The van der Waals surface area contributed by atoms with Gasteiger partial charge in [0.15, 0.2) is 0 Å². The Balaban J connectivity index is 2.46. The lowest BCUT2D eigenvalue weighted by Gasteiger charge is -2.15. The summed E-state index contributed by atoms with van der Waals surface area (Å²) in [7, 11) is 0. The number of carbonyl (C=O) groups is 1. The van der Waals surface area contributed by atoms with E-state index in [-0.39, 0.29) is 18.6 Å². The molecule has 16 heavy (non-hydrogen) atoms. The molecule has 0 saturated carbocycles. The molecular weight excluding hydrogens is 222 g/mol. The number of hydrogen-bond donors (Lipinski definition) is 2. The van der Waals surface area contributed by atoms with Gasteiger partial charge in [-0.2, -0.15) is 11.8 Å². The summed E-state index contributed by atoms with van der Waals surface area (Å²) >= 11 is 1.47. The minimum atomic E-state index is -0.193. The molecule has 0 aliphatic rings. The van der Waals surface area contributed by atoms with E-state index in [2.05, 4.69) is 5.32 Å². The molecule has 1 aromatic carbocycles. The number of nitrogens with one attached hydrogen (secondary N) is 1. The second kappa shape index (κ2) is 7.30. The lowest BCUT2D eigenvalue weighted by atomic mass is 10.1. The zero-order valence-corrected chi connectivity index (χ0v) is 10.2. The summed E-state index contributed by atoms with van der Waals surface area (Å²) in [6.07, 6.45) is 2.54. The first-order valence-corrected chi connectivity index (χ1v) is 6.58. The molecular formula is C12H17NO2S. The molecule has 3 nitrogen and oxygen atoms in total. The summed E-state index contributed by atoms with van der Waals surface area (Å²) in [6, 6.07) is 9.64. The van der Waals surface area contributed by atoms with Crippen LogP contribution in [0.15, 0.2) is 30.3 Å². The van der Waals surface area contributed by atoms with Crippen LogP contribution >= 0.6 is 11.8 Å². The van der Waals surface area contributed by atoms with Gasteiger partial charge in [0, 0.05) is 0 Å². The Bertz CT molecular complexity index is 316. The highest BCUT2D eigenvalue weighted by Gasteiger charge is 2.11. The van der Waals surface area contributed by atoms with Gasteiger partial charge in [0.25, 0.3) is 0 Å². The maximum absolute atomic E-state index is 11.4. The number of thioether (sulfide) groups is 1. The first-order valence-electron chi connectivity index (χ1n) is 5.19. The van der Waals surface area contributed by atoms with Gasteiger partial charge in [0.2, 0.25) is 5.91 Å². The number of hydrogen-bond acceptors (Lipinski definition) is 3. The Morgan fingerprint density at radius 3 is 2.69 bits per heavy atom. The molecule has 88 valence electrons. The van der Waals surface area contributed by atoms with Crippen LogP contribution in [-0.2, 0) is 11.2 Å². The van der Waals surface area contributed by atoms with Crippen LogP contribution < -0.4 is 5.32 Å². The van der Waals surface area contributed by atoms with Crippen molar-refractivity contribution in [2.45, 2.75) is 12.5 Å². The van der Waals surface area contributed by atoms with Gasteiger partial charge in [-0.15, -0.1) is 0 Å². The number of rotatable bonds is 6. The molecule has 1 aromatic rings. The van der Waals surface area contributed by atoms with Crippen LogP contribution in [0.2, 0.25) is 0 Å². The summed E-state index contributed by atoms with van der Waals surface area (Å²) < 4.78 is 0. The molecule has 1 rings (SSSR count). The highest BCUT2D eigenvalue weighted by Crippen LogP contribution is 2.03. The van der Waals surface area contributed by atoms with Crippen molar-refractivity contribution in [3.8, 4) is 0 Å². The van der Waals surface area contributed by atoms with Gasteiger partial charge in [-0.1, -0.05) is 30.3 Å². The van der Waals surface area contributed by atoms with Crippen LogP contribution in [0.5, 0.6) is 0 Å². The van der Waals surface area contributed by atoms with Crippen LogP contribution in [0.1, 0.15) is 5.56 Å². The molecule has 0 spiro atoms. The molecule has 0 radical (unpaired) electrons. The fourth-order valence-corrected chi connectivity index (χ4v) is 1.81. The lowest BCUT2D eigenvalue weighted by molar-refractivity contribution is -0.119. The number of aliphatic hydroxyl groups is 1. The largest absolute Gasteiger partial charge is 0.394 e. The average molecular weight is 239 g/mol. The third kappa shape index (κ3) is 4.68. The molecule has 0 aliphatic heterocycles. The van der Waals surface area contributed by atoms with Crippen molar-refractivity contribution >= 4 is 17.7 Å². The van der Waals surface area contributed by atoms with Crippen molar-refractivity contribution in [2.75, 3.05) is 18.6 Å². The van der Waals surface area contributed by atoms with Crippen LogP contribution in [0.3, 0.4) is 0 Å². The van der Waals surface area contributed by atoms with Gasteiger partial charge in [0.1, 0.15) is 0 Å². The second-order valence-electron chi connectivity index (χ2n) is 3.57. The third-order valence-corrected chi connectivity index (χ3v) is 2.74. The normalized spacial score (nSPS) is 12.1. The highest BCUT2D eigenvalue weighted by molar-refractivity contribution is 7.99. The molecule has 2 N–H and O–H groups in total. The standard InChI is InChI=1S/C12H17NO2S/c1-16-9-12(15)13-11(8-14)7-10-5-3-2-4-6-10/h2-6,11,14H,7-9H2,1H3,(H,13,15)/t11-/m0/s1. The molecule has 0 saturated heterocycles. The van der Waals surface area contributed by atoms with Crippen molar-refractivity contribution in [1.82, 2.24) is 5.32 Å². The molecule has 4 heteroatoms. The van der Waals surface area contributed by atoms with Crippen molar-refractivity contribution < 1.29 is 9.90 Å². The Morgan fingerprint density at radius 2 is 2.12 bits per heavy atom. The minimum Gasteiger partial charge on any atom is -0.394 e. The van der Waals surface area contributed by atoms with E-state index < -0.39 is 0 Å². The Hall–Kier alpha value is -1.00.